The van der Waals surface area contributed by atoms with Gasteiger partial charge in [-0.25, -0.2) is 9.78 Å². The molecule has 6 nitrogen and oxygen atoms in total. The van der Waals surface area contributed by atoms with Gasteiger partial charge in [-0.05, 0) is 31.7 Å². The first-order valence-electron chi connectivity index (χ1n) is 7.83. The van der Waals surface area contributed by atoms with Crippen LogP contribution in [-0.4, -0.2) is 33.7 Å². The number of hydrogen-bond acceptors (Lipinski definition) is 6. The Bertz CT molecular complexity index is 799. The number of aromatic nitrogens is 1. The minimum absolute atomic E-state index is 0.103. The molecule has 1 fully saturated rings. The zero-order chi connectivity index (χ0) is 18.0. The van der Waals surface area contributed by atoms with Gasteiger partial charge in [0.15, 0.2) is 11.3 Å². The summed E-state index contributed by atoms with van der Waals surface area (Å²) in [6.07, 6.45) is 0.626. The van der Waals surface area contributed by atoms with E-state index >= 15 is 0 Å². The van der Waals surface area contributed by atoms with E-state index in [0.29, 0.717) is 22.9 Å². The molecular formula is C17H17ClN2O4S. The van der Waals surface area contributed by atoms with Crippen molar-refractivity contribution in [3.63, 3.8) is 0 Å². The largest absolute Gasteiger partial charge is 0.444 e. The highest BCUT2D eigenvalue weighted by molar-refractivity contribution is 7.13. The van der Waals surface area contributed by atoms with E-state index in [1.54, 1.807) is 11.4 Å². The standard InChI is InChI=1S/C17H17ClN2O4S/c18-12-4-2-1-3-11(12)14-20-13(9-25-14)15(22)24-17(16(19)23)7-5-10(21)6-8-17/h1-4,9-10,21H,5-8H2,(H2,19,23). The number of rotatable bonds is 4. The van der Waals surface area contributed by atoms with E-state index in [2.05, 4.69) is 4.98 Å². The van der Waals surface area contributed by atoms with Crippen LogP contribution in [0.5, 0.6) is 0 Å². The Kier molecular flexibility index (Phi) is 5.08. The monoisotopic (exact) mass is 380 g/mol. The van der Waals surface area contributed by atoms with Gasteiger partial charge >= 0.3 is 5.97 Å². The molecule has 1 aliphatic rings. The van der Waals surface area contributed by atoms with E-state index in [4.69, 9.17) is 22.1 Å². The van der Waals surface area contributed by atoms with E-state index in [9.17, 15) is 14.7 Å². The number of thiazole rings is 1. The molecule has 1 aromatic carbocycles. The molecule has 1 saturated carbocycles. The first-order chi connectivity index (χ1) is 11.9. The van der Waals surface area contributed by atoms with Crippen LogP contribution in [0.15, 0.2) is 29.6 Å². The van der Waals surface area contributed by atoms with Gasteiger partial charge in [0.05, 0.1) is 11.1 Å². The maximum Gasteiger partial charge on any atom is 0.358 e. The van der Waals surface area contributed by atoms with Crippen molar-refractivity contribution in [2.75, 3.05) is 0 Å². The minimum Gasteiger partial charge on any atom is -0.444 e. The fraction of sp³-hybridized carbons (Fsp3) is 0.353. The lowest BCUT2D eigenvalue weighted by Crippen LogP contribution is -2.50. The number of amides is 1. The number of ether oxygens (including phenoxy) is 1. The van der Waals surface area contributed by atoms with Gasteiger partial charge in [-0.3, -0.25) is 4.79 Å². The van der Waals surface area contributed by atoms with Crippen LogP contribution < -0.4 is 5.73 Å². The van der Waals surface area contributed by atoms with Crippen LogP contribution in [0, 0.1) is 0 Å². The Morgan fingerprint density at radius 3 is 2.64 bits per heavy atom. The molecule has 0 spiro atoms. The molecule has 1 heterocycles. The highest BCUT2D eigenvalue weighted by Crippen LogP contribution is 2.34. The molecule has 0 atom stereocenters. The van der Waals surface area contributed by atoms with Crippen molar-refractivity contribution in [2.24, 2.45) is 5.73 Å². The zero-order valence-corrected chi connectivity index (χ0v) is 14.8. The van der Waals surface area contributed by atoms with E-state index in [-0.39, 0.29) is 18.5 Å². The molecule has 25 heavy (non-hydrogen) atoms. The van der Waals surface area contributed by atoms with E-state index in [1.807, 2.05) is 18.2 Å². The number of nitrogens with zero attached hydrogens (tertiary/aromatic N) is 1. The van der Waals surface area contributed by atoms with Gasteiger partial charge in [-0.2, -0.15) is 0 Å². The molecule has 0 saturated heterocycles. The predicted octanol–water partition coefficient (Wildman–Crippen LogP) is 2.78. The van der Waals surface area contributed by atoms with Crippen molar-refractivity contribution in [2.45, 2.75) is 37.4 Å². The SMILES string of the molecule is NC(=O)C1(OC(=O)c2csc(-c3ccccc3Cl)n2)CCC(O)CC1. The average molecular weight is 381 g/mol. The highest BCUT2D eigenvalue weighted by Gasteiger charge is 2.44. The molecule has 0 radical (unpaired) electrons. The number of nitrogens with two attached hydrogens (primary N) is 1. The van der Waals surface area contributed by atoms with Crippen molar-refractivity contribution in [3.05, 3.63) is 40.4 Å². The Labute approximate surface area is 153 Å². The Morgan fingerprint density at radius 1 is 1.32 bits per heavy atom. The highest BCUT2D eigenvalue weighted by atomic mass is 35.5. The summed E-state index contributed by atoms with van der Waals surface area (Å²) in [6.45, 7) is 0. The second-order valence-corrected chi connectivity index (χ2v) is 7.26. The van der Waals surface area contributed by atoms with Gasteiger partial charge in [-0.15, -0.1) is 11.3 Å². The molecule has 1 aromatic heterocycles. The van der Waals surface area contributed by atoms with E-state index in [1.165, 1.54) is 11.3 Å². The topological polar surface area (TPSA) is 103 Å². The van der Waals surface area contributed by atoms with Crippen LogP contribution >= 0.6 is 22.9 Å². The summed E-state index contributed by atoms with van der Waals surface area (Å²) in [6, 6.07) is 7.19. The number of hydrogen-bond donors (Lipinski definition) is 2. The smallest absolute Gasteiger partial charge is 0.358 e. The van der Waals surface area contributed by atoms with Gasteiger partial charge < -0.3 is 15.6 Å². The van der Waals surface area contributed by atoms with Crippen molar-refractivity contribution in [3.8, 4) is 10.6 Å². The number of esters is 1. The van der Waals surface area contributed by atoms with Gasteiger partial charge in [0, 0.05) is 10.9 Å². The van der Waals surface area contributed by atoms with Gasteiger partial charge in [0.2, 0.25) is 0 Å². The molecule has 0 unspecified atom stereocenters. The number of aliphatic hydroxyl groups excluding tert-OH is 1. The first kappa shape index (κ1) is 17.8. The average Bonchev–Trinajstić information content (AvgIpc) is 3.07. The third-order valence-corrected chi connectivity index (χ3v) is 5.52. The number of carbonyl (C=O) groups excluding carboxylic acids is 2. The van der Waals surface area contributed by atoms with E-state index < -0.39 is 23.6 Å². The molecular weight excluding hydrogens is 364 g/mol. The summed E-state index contributed by atoms with van der Waals surface area (Å²) >= 11 is 7.41. The van der Waals surface area contributed by atoms with Gasteiger partial charge in [-0.1, -0.05) is 29.8 Å². The fourth-order valence-electron chi connectivity index (χ4n) is 2.82. The molecule has 3 N–H and O–H groups in total. The van der Waals surface area contributed by atoms with Gasteiger partial charge in [0.1, 0.15) is 5.01 Å². The maximum absolute atomic E-state index is 12.5. The third-order valence-electron chi connectivity index (χ3n) is 4.32. The molecule has 1 amide bonds. The maximum atomic E-state index is 12.5. The van der Waals surface area contributed by atoms with Crippen molar-refractivity contribution in [1.82, 2.24) is 4.98 Å². The lowest BCUT2D eigenvalue weighted by atomic mass is 9.82. The number of benzene rings is 1. The van der Waals surface area contributed by atoms with Crippen LogP contribution in [0.25, 0.3) is 10.6 Å². The summed E-state index contributed by atoms with van der Waals surface area (Å²) in [5.74, 6) is -1.40. The summed E-state index contributed by atoms with van der Waals surface area (Å²) < 4.78 is 5.44. The van der Waals surface area contributed by atoms with Crippen LogP contribution in [0.3, 0.4) is 0 Å². The summed E-state index contributed by atoms with van der Waals surface area (Å²) in [7, 11) is 0. The predicted molar refractivity (Wildman–Crippen MR) is 94.4 cm³/mol. The number of halogens is 1. The fourth-order valence-corrected chi connectivity index (χ4v) is 3.93. The van der Waals surface area contributed by atoms with Crippen LogP contribution in [0.4, 0.5) is 0 Å². The third kappa shape index (κ3) is 3.68. The molecule has 132 valence electrons. The van der Waals surface area contributed by atoms with Crippen LogP contribution in [-0.2, 0) is 9.53 Å². The molecule has 3 rings (SSSR count). The van der Waals surface area contributed by atoms with Crippen molar-refractivity contribution in [1.29, 1.82) is 0 Å². The molecule has 0 aliphatic heterocycles. The zero-order valence-electron chi connectivity index (χ0n) is 13.3. The van der Waals surface area contributed by atoms with Crippen molar-refractivity contribution < 1.29 is 19.4 Å². The molecule has 8 heteroatoms. The van der Waals surface area contributed by atoms with Crippen LogP contribution in [0.2, 0.25) is 5.02 Å². The summed E-state index contributed by atoms with van der Waals surface area (Å²) in [4.78, 5) is 28.6. The number of aliphatic hydroxyl groups is 1. The lowest BCUT2D eigenvalue weighted by Gasteiger charge is -2.35. The minimum atomic E-state index is -1.38. The second kappa shape index (κ2) is 7.11. The Hall–Kier alpha value is -1.96. The van der Waals surface area contributed by atoms with Gasteiger partial charge in [0.25, 0.3) is 5.91 Å². The van der Waals surface area contributed by atoms with Crippen LogP contribution in [0.1, 0.15) is 36.2 Å². The summed E-state index contributed by atoms with van der Waals surface area (Å²) in [5.41, 5.74) is 4.90. The quantitative estimate of drug-likeness (QED) is 0.794. The number of primary amides is 1. The summed E-state index contributed by atoms with van der Waals surface area (Å²) in [5, 5.41) is 12.3. The van der Waals surface area contributed by atoms with Crippen molar-refractivity contribution >= 4 is 34.8 Å². The Balaban J connectivity index is 1.80. The Morgan fingerprint density at radius 2 is 2.00 bits per heavy atom. The molecule has 0 bridgehead atoms. The first-order valence-corrected chi connectivity index (χ1v) is 9.09. The normalized spacial score (nSPS) is 23.2. The van der Waals surface area contributed by atoms with E-state index in [0.717, 1.165) is 5.56 Å². The second-order valence-electron chi connectivity index (χ2n) is 6.00. The molecule has 2 aromatic rings. The number of carbonyl (C=O) groups is 2. The lowest BCUT2D eigenvalue weighted by molar-refractivity contribution is -0.143. The molecule has 1 aliphatic carbocycles.